The lowest BCUT2D eigenvalue weighted by Gasteiger charge is -2.26. The topological polar surface area (TPSA) is 66.6 Å². The average Bonchev–Trinajstić information content (AvgIpc) is 3.15. The first-order valence-electron chi connectivity index (χ1n) is 10.2. The SMILES string of the molecule is O=C(Cc1c[nH]c2cc(Cl)ccc12)NCc1cccc(OCCN2CCOCC2)c1. The lowest BCUT2D eigenvalue weighted by Crippen LogP contribution is -2.38. The minimum atomic E-state index is -0.0236. The van der Waals surface area contributed by atoms with Crippen LogP contribution in [0.15, 0.2) is 48.7 Å². The molecule has 0 saturated carbocycles. The van der Waals surface area contributed by atoms with E-state index in [1.807, 2.05) is 48.7 Å². The highest BCUT2D eigenvalue weighted by molar-refractivity contribution is 6.31. The van der Waals surface area contributed by atoms with Gasteiger partial charge in [0.1, 0.15) is 12.4 Å². The van der Waals surface area contributed by atoms with Crippen LogP contribution in [0.1, 0.15) is 11.1 Å². The van der Waals surface area contributed by atoms with Crippen LogP contribution in [-0.4, -0.2) is 55.2 Å². The van der Waals surface area contributed by atoms with Crippen molar-refractivity contribution in [3.63, 3.8) is 0 Å². The molecule has 1 saturated heterocycles. The first-order chi connectivity index (χ1) is 14.7. The molecule has 1 aliphatic heterocycles. The number of nitrogens with one attached hydrogen (secondary N) is 2. The number of ether oxygens (including phenoxy) is 2. The summed E-state index contributed by atoms with van der Waals surface area (Å²) in [5, 5.41) is 4.68. The van der Waals surface area contributed by atoms with Crippen molar-refractivity contribution in [1.82, 2.24) is 15.2 Å². The van der Waals surface area contributed by atoms with Crippen LogP contribution in [0.2, 0.25) is 5.02 Å². The van der Waals surface area contributed by atoms with Gasteiger partial charge in [-0.05, 0) is 35.4 Å². The Hall–Kier alpha value is -2.54. The van der Waals surface area contributed by atoms with Crippen LogP contribution in [0.25, 0.3) is 10.9 Å². The minimum Gasteiger partial charge on any atom is -0.492 e. The van der Waals surface area contributed by atoms with E-state index in [1.54, 1.807) is 0 Å². The molecule has 4 rings (SSSR count). The predicted octanol–water partition coefficient (Wildman–Crippen LogP) is 3.39. The molecule has 3 aromatic rings. The lowest BCUT2D eigenvalue weighted by molar-refractivity contribution is -0.120. The number of H-pyrrole nitrogens is 1. The van der Waals surface area contributed by atoms with Crippen molar-refractivity contribution in [3.8, 4) is 5.75 Å². The Morgan fingerprint density at radius 1 is 1.20 bits per heavy atom. The molecule has 0 atom stereocenters. The maximum absolute atomic E-state index is 12.4. The lowest BCUT2D eigenvalue weighted by atomic mass is 10.1. The van der Waals surface area contributed by atoms with Crippen molar-refractivity contribution < 1.29 is 14.3 Å². The van der Waals surface area contributed by atoms with Gasteiger partial charge in [0.15, 0.2) is 0 Å². The number of rotatable bonds is 8. The molecule has 1 amide bonds. The van der Waals surface area contributed by atoms with E-state index in [0.717, 1.165) is 60.6 Å². The molecule has 0 bridgehead atoms. The van der Waals surface area contributed by atoms with Crippen LogP contribution >= 0.6 is 11.6 Å². The standard InChI is InChI=1S/C23H26ClN3O3/c24-19-4-5-21-18(16-25-22(21)14-19)13-23(28)26-15-17-2-1-3-20(12-17)30-11-8-27-6-9-29-10-7-27/h1-5,12,14,16,25H,6-11,13,15H2,(H,26,28). The number of fused-ring (bicyclic) bond motifs is 1. The zero-order valence-corrected chi connectivity index (χ0v) is 17.6. The summed E-state index contributed by atoms with van der Waals surface area (Å²) >= 11 is 6.02. The number of aromatic amines is 1. The summed E-state index contributed by atoms with van der Waals surface area (Å²) in [4.78, 5) is 17.9. The van der Waals surface area contributed by atoms with Crippen LogP contribution in [0, 0.1) is 0 Å². The third-order valence-electron chi connectivity index (χ3n) is 5.25. The molecule has 30 heavy (non-hydrogen) atoms. The Bertz CT molecular complexity index is 998. The molecule has 158 valence electrons. The summed E-state index contributed by atoms with van der Waals surface area (Å²) in [7, 11) is 0. The number of aromatic nitrogens is 1. The number of amides is 1. The maximum Gasteiger partial charge on any atom is 0.224 e. The van der Waals surface area contributed by atoms with E-state index >= 15 is 0 Å². The maximum atomic E-state index is 12.4. The van der Waals surface area contributed by atoms with Crippen LogP contribution < -0.4 is 10.1 Å². The number of nitrogens with zero attached hydrogens (tertiary/aromatic N) is 1. The largest absolute Gasteiger partial charge is 0.492 e. The van der Waals surface area contributed by atoms with Gasteiger partial charge in [0.05, 0.1) is 19.6 Å². The molecule has 0 unspecified atom stereocenters. The van der Waals surface area contributed by atoms with Gasteiger partial charge in [-0.2, -0.15) is 0 Å². The van der Waals surface area contributed by atoms with Gasteiger partial charge in [-0.25, -0.2) is 0 Å². The minimum absolute atomic E-state index is 0.0236. The Kier molecular flexibility index (Phi) is 6.89. The normalized spacial score (nSPS) is 14.7. The van der Waals surface area contributed by atoms with Gasteiger partial charge in [-0.15, -0.1) is 0 Å². The number of morpholine rings is 1. The van der Waals surface area contributed by atoms with E-state index in [4.69, 9.17) is 21.1 Å². The molecule has 2 aromatic carbocycles. The molecule has 1 aromatic heterocycles. The summed E-state index contributed by atoms with van der Waals surface area (Å²) in [5.74, 6) is 0.799. The number of carbonyl (C=O) groups excluding carboxylic acids is 1. The van der Waals surface area contributed by atoms with E-state index in [2.05, 4.69) is 15.2 Å². The Morgan fingerprint density at radius 3 is 2.93 bits per heavy atom. The summed E-state index contributed by atoms with van der Waals surface area (Å²) in [5.41, 5.74) is 2.91. The van der Waals surface area contributed by atoms with Crippen LogP contribution in [0.4, 0.5) is 0 Å². The Morgan fingerprint density at radius 2 is 2.07 bits per heavy atom. The van der Waals surface area contributed by atoms with Gasteiger partial charge in [-0.3, -0.25) is 9.69 Å². The van der Waals surface area contributed by atoms with Crippen LogP contribution in [0.5, 0.6) is 5.75 Å². The molecule has 2 heterocycles. The zero-order chi connectivity index (χ0) is 20.8. The molecule has 0 radical (unpaired) electrons. The van der Waals surface area contributed by atoms with Crippen molar-refractivity contribution in [1.29, 1.82) is 0 Å². The Labute approximate surface area is 181 Å². The summed E-state index contributed by atoms with van der Waals surface area (Å²) in [6.07, 6.45) is 2.18. The van der Waals surface area contributed by atoms with Crippen molar-refractivity contribution in [2.75, 3.05) is 39.5 Å². The first-order valence-corrected chi connectivity index (χ1v) is 10.6. The molecular weight excluding hydrogens is 402 g/mol. The van der Waals surface area contributed by atoms with Gasteiger partial charge in [-0.1, -0.05) is 29.8 Å². The Balaban J connectivity index is 1.25. The zero-order valence-electron chi connectivity index (χ0n) is 16.8. The van der Waals surface area contributed by atoms with Crippen molar-refractivity contribution in [2.24, 2.45) is 0 Å². The molecule has 2 N–H and O–H groups in total. The quantitative estimate of drug-likeness (QED) is 0.578. The summed E-state index contributed by atoms with van der Waals surface area (Å²) in [6, 6.07) is 13.5. The molecule has 0 spiro atoms. The highest BCUT2D eigenvalue weighted by Crippen LogP contribution is 2.22. The molecule has 6 nitrogen and oxygen atoms in total. The predicted molar refractivity (Wildman–Crippen MR) is 118 cm³/mol. The second kappa shape index (κ2) is 9.98. The van der Waals surface area contributed by atoms with E-state index in [1.165, 1.54) is 0 Å². The number of hydrogen-bond donors (Lipinski definition) is 2. The fourth-order valence-electron chi connectivity index (χ4n) is 3.60. The molecular formula is C23H26ClN3O3. The third-order valence-corrected chi connectivity index (χ3v) is 5.48. The van der Waals surface area contributed by atoms with Crippen molar-refractivity contribution in [3.05, 3.63) is 64.8 Å². The number of carbonyl (C=O) groups is 1. The van der Waals surface area contributed by atoms with Crippen molar-refractivity contribution >= 4 is 28.4 Å². The highest BCUT2D eigenvalue weighted by Gasteiger charge is 2.11. The van der Waals surface area contributed by atoms with Gasteiger partial charge < -0.3 is 19.8 Å². The molecule has 1 fully saturated rings. The van der Waals surface area contributed by atoms with Crippen molar-refractivity contribution in [2.45, 2.75) is 13.0 Å². The fourth-order valence-corrected chi connectivity index (χ4v) is 3.78. The van der Waals surface area contributed by atoms with E-state index in [-0.39, 0.29) is 5.91 Å². The molecule has 1 aliphatic rings. The van der Waals surface area contributed by atoms with E-state index < -0.39 is 0 Å². The van der Waals surface area contributed by atoms with Gasteiger partial charge >= 0.3 is 0 Å². The second-order valence-corrected chi connectivity index (χ2v) is 7.84. The smallest absolute Gasteiger partial charge is 0.224 e. The second-order valence-electron chi connectivity index (χ2n) is 7.41. The van der Waals surface area contributed by atoms with Gasteiger partial charge in [0, 0.05) is 48.3 Å². The number of halogens is 1. The molecule has 0 aliphatic carbocycles. The first kappa shape index (κ1) is 20.7. The number of hydrogen-bond acceptors (Lipinski definition) is 4. The van der Waals surface area contributed by atoms with E-state index in [9.17, 15) is 4.79 Å². The monoisotopic (exact) mass is 427 g/mol. The summed E-state index contributed by atoms with van der Waals surface area (Å²) < 4.78 is 11.2. The fraction of sp³-hybridized carbons (Fsp3) is 0.348. The highest BCUT2D eigenvalue weighted by atomic mass is 35.5. The number of benzene rings is 2. The van der Waals surface area contributed by atoms with Gasteiger partial charge in [0.2, 0.25) is 5.91 Å². The van der Waals surface area contributed by atoms with E-state index in [0.29, 0.717) is 24.6 Å². The van der Waals surface area contributed by atoms with Gasteiger partial charge in [0.25, 0.3) is 0 Å². The average molecular weight is 428 g/mol. The third kappa shape index (κ3) is 5.53. The summed E-state index contributed by atoms with van der Waals surface area (Å²) in [6.45, 7) is 5.50. The van der Waals surface area contributed by atoms with Crippen LogP contribution in [0.3, 0.4) is 0 Å². The molecule has 7 heteroatoms. The van der Waals surface area contributed by atoms with Crippen LogP contribution in [-0.2, 0) is 22.5 Å².